The summed E-state index contributed by atoms with van der Waals surface area (Å²) < 4.78 is 4.72. The zero-order valence-electron chi connectivity index (χ0n) is 13.2. The highest BCUT2D eigenvalue weighted by atomic mass is 15.1. The number of aryl methyl sites for hydroxylation is 2. The van der Waals surface area contributed by atoms with Gasteiger partial charge in [0.25, 0.3) is 5.65 Å². The van der Waals surface area contributed by atoms with Gasteiger partial charge in [-0.1, -0.05) is 48.5 Å². The Morgan fingerprint density at radius 3 is 2.30 bits per heavy atom. The van der Waals surface area contributed by atoms with Crippen LogP contribution in [0.1, 0.15) is 5.56 Å². The maximum Gasteiger partial charge on any atom is 0.295 e. The molecular weight excluding hydrogens is 280 g/mol. The van der Waals surface area contributed by atoms with Crippen molar-refractivity contribution in [3.05, 3.63) is 72.3 Å². The first kappa shape index (κ1) is 12.7. The van der Waals surface area contributed by atoms with E-state index in [0.717, 1.165) is 0 Å². The molecule has 0 unspecified atom stereocenters. The molecular formula is C21H17N2+. The molecule has 0 aliphatic carbocycles. The number of nitrogens with zero attached hydrogens (tertiary/aromatic N) is 2. The molecule has 0 aliphatic rings. The molecule has 0 radical (unpaired) electrons. The van der Waals surface area contributed by atoms with Crippen molar-refractivity contribution in [1.29, 1.82) is 0 Å². The number of rotatable bonds is 0. The van der Waals surface area contributed by atoms with Crippen molar-refractivity contribution in [3.8, 4) is 0 Å². The van der Waals surface area contributed by atoms with Gasteiger partial charge < -0.3 is 0 Å². The number of fused-ring (bicyclic) bond motifs is 8. The molecule has 0 bridgehead atoms. The monoisotopic (exact) mass is 297 g/mol. The van der Waals surface area contributed by atoms with Crippen LogP contribution in [0.2, 0.25) is 0 Å². The molecule has 23 heavy (non-hydrogen) atoms. The van der Waals surface area contributed by atoms with E-state index in [9.17, 15) is 0 Å². The van der Waals surface area contributed by atoms with E-state index in [1.54, 1.807) is 0 Å². The highest BCUT2D eigenvalue weighted by Gasteiger charge is 2.23. The van der Waals surface area contributed by atoms with Crippen molar-refractivity contribution in [1.82, 2.24) is 4.40 Å². The van der Waals surface area contributed by atoms with Gasteiger partial charge in [0.1, 0.15) is 5.52 Å². The largest absolute Gasteiger partial charge is 0.295 e. The van der Waals surface area contributed by atoms with Crippen LogP contribution in [0.3, 0.4) is 0 Å². The maximum atomic E-state index is 2.40. The van der Waals surface area contributed by atoms with Crippen molar-refractivity contribution in [2.24, 2.45) is 7.05 Å². The Morgan fingerprint density at radius 1 is 0.739 bits per heavy atom. The number of imidazole rings is 1. The predicted molar refractivity (Wildman–Crippen MR) is 95.8 cm³/mol. The quantitative estimate of drug-likeness (QED) is 0.293. The topological polar surface area (TPSA) is 8.29 Å². The number of hydrogen-bond donors (Lipinski definition) is 0. The number of aromatic nitrogens is 2. The molecule has 2 heteroatoms. The number of para-hydroxylation sites is 3. The van der Waals surface area contributed by atoms with Gasteiger partial charge in [0.15, 0.2) is 11.0 Å². The molecule has 110 valence electrons. The first-order chi connectivity index (χ1) is 11.3. The third kappa shape index (κ3) is 1.50. The van der Waals surface area contributed by atoms with Crippen LogP contribution in [0.15, 0.2) is 66.7 Å². The summed E-state index contributed by atoms with van der Waals surface area (Å²) in [5, 5.41) is 3.97. The average Bonchev–Trinajstić information content (AvgIpc) is 2.89. The molecule has 0 fully saturated rings. The Kier molecular flexibility index (Phi) is 2.38. The van der Waals surface area contributed by atoms with Crippen molar-refractivity contribution >= 4 is 38.4 Å². The van der Waals surface area contributed by atoms with E-state index in [1.165, 1.54) is 43.9 Å². The van der Waals surface area contributed by atoms with Crippen LogP contribution >= 0.6 is 0 Å². The van der Waals surface area contributed by atoms with Crippen molar-refractivity contribution < 1.29 is 4.57 Å². The summed E-state index contributed by atoms with van der Waals surface area (Å²) in [6.07, 6.45) is 0. The van der Waals surface area contributed by atoms with Gasteiger partial charge in [-0.3, -0.25) is 0 Å². The van der Waals surface area contributed by atoms with Gasteiger partial charge in [-0.05, 0) is 30.7 Å². The molecule has 0 saturated heterocycles. The molecule has 0 amide bonds. The average molecular weight is 297 g/mol. The van der Waals surface area contributed by atoms with Gasteiger partial charge in [-0.25, -0.2) is 4.57 Å². The molecule has 2 aromatic heterocycles. The van der Waals surface area contributed by atoms with E-state index in [1.807, 2.05) is 0 Å². The minimum absolute atomic E-state index is 1.26. The summed E-state index contributed by atoms with van der Waals surface area (Å²) in [5.74, 6) is 0. The lowest BCUT2D eigenvalue weighted by molar-refractivity contribution is -0.617. The molecule has 2 heterocycles. The molecule has 5 rings (SSSR count). The van der Waals surface area contributed by atoms with Crippen LogP contribution in [0.4, 0.5) is 0 Å². The minimum atomic E-state index is 1.26. The highest BCUT2D eigenvalue weighted by Crippen LogP contribution is 2.32. The van der Waals surface area contributed by atoms with Crippen molar-refractivity contribution in [2.45, 2.75) is 6.92 Å². The summed E-state index contributed by atoms with van der Waals surface area (Å²) in [7, 11) is 2.16. The second-order valence-corrected chi connectivity index (χ2v) is 6.22. The van der Waals surface area contributed by atoms with Gasteiger partial charge >= 0.3 is 0 Å². The molecule has 0 N–H and O–H groups in total. The Balaban J connectivity index is 2.30. The van der Waals surface area contributed by atoms with Crippen LogP contribution in [0, 0.1) is 6.92 Å². The van der Waals surface area contributed by atoms with E-state index in [4.69, 9.17) is 0 Å². The molecule has 0 atom stereocenters. The van der Waals surface area contributed by atoms with Gasteiger partial charge in [-0.2, -0.15) is 4.40 Å². The molecule has 5 aromatic rings. The van der Waals surface area contributed by atoms with E-state index >= 15 is 0 Å². The molecule has 2 nitrogen and oxygen atoms in total. The third-order valence-electron chi connectivity index (χ3n) is 4.95. The third-order valence-corrected chi connectivity index (χ3v) is 4.95. The smallest absolute Gasteiger partial charge is 0.225 e. The van der Waals surface area contributed by atoms with Crippen molar-refractivity contribution in [3.63, 3.8) is 0 Å². The Bertz CT molecular complexity index is 1230. The Morgan fingerprint density at radius 2 is 1.43 bits per heavy atom. The fourth-order valence-electron chi connectivity index (χ4n) is 3.92. The van der Waals surface area contributed by atoms with Crippen LogP contribution in [0.25, 0.3) is 38.4 Å². The van der Waals surface area contributed by atoms with Gasteiger partial charge in [-0.15, -0.1) is 0 Å². The molecule has 3 aromatic carbocycles. The zero-order chi connectivity index (χ0) is 15.6. The standard InChI is InChI=1S/C21H17N2/c1-14-8-7-10-16-15-9-3-4-11-17(15)23-19-13-6-5-12-18(19)22(2)21(23)20(14)16/h3-13H,1-2H3/q+1. The van der Waals surface area contributed by atoms with Gasteiger partial charge in [0.2, 0.25) is 0 Å². The van der Waals surface area contributed by atoms with Crippen LogP contribution in [0.5, 0.6) is 0 Å². The van der Waals surface area contributed by atoms with Crippen LogP contribution < -0.4 is 4.57 Å². The van der Waals surface area contributed by atoms with E-state index in [-0.39, 0.29) is 0 Å². The highest BCUT2D eigenvalue weighted by molar-refractivity contribution is 6.13. The second kappa shape index (κ2) is 4.32. The number of pyridine rings is 1. The second-order valence-electron chi connectivity index (χ2n) is 6.22. The first-order valence-corrected chi connectivity index (χ1v) is 7.96. The number of benzene rings is 3. The molecule has 0 aliphatic heterocycles. The van der Waals surface area contributed by atoms with Gasteiger partial charge in [0.05, 0.1) is 12.4 Å². The summed E-state index contributed by atoms with van der Waals surface area (Å²) in [5.41, 5.74) is 6.35. The Hall–Kier alpha value is -2.87. The van der Waals surface area contributed by atoms with E-state index in [2.05, 4.69) is 89.7 Å². The summed E-state index contributed by atoms with van der Waals surface area (Å²) in [6.45, 7) is 2.20. The minimum Gasteiger partial charge on any atom is -0.225 e. The summed E-state index contributed by atoms with van der Waals surface area (Å²) >= 11 is 0. The lowest BCUT2D eigenvalue weighted by atomic mass is 10.0. The van der Waals surface area contributed by atoms with Crippen molar-refractivity contribution in [2.75, 3.05) is 0 Å². The maximum absolute atomic E-state index is 2.40. The molecule has 0 saturated carbocycles. The van der Waals surface area contributed by atoms with E-state index in [0.29, 0.717) is 0 Å². The van der Waals surface area contributed by atoms with Crippen LogP contribution in [-0.4, -0.2) is 4.40 Å². The lowest BCUT2D eigenvalue weighted by Gasteiger charge is -2.06. The fraction of sp³-hybridized carbons (Fsp3) is 0.0952. The lowest BCUT2D eigenvalue weighted by Crippen LogP contribution is -2.27. The number of hydrogen-bond acceptors (Lipinski definition) is 0. The van der Waals surface area contributed by atoms with E-state index < -0.39 is 0 Å². The van der Waals surface area contributed by atoms with Gasteiger partial charge in [0, 0.05) is 10.8 Å². The SMILES string of the molecule is Cc1cccc2c3ccccc3n3c4ccccc4[n+](C)c3c12. The summed E-state index contributed by atoms with van der Waals surface area (Å²) in [6, 6.07) is 23.9. The predicted octanol–water partition coefficient (Wildman–Crippen LogP) is 4.53. The van der Waals surface area contributed by atoms with Crippen LogP contribution in [-0.2, 0) is 7.05 Å². The first-order valence-electron chi connectivity index (χ1n) is 7.96. The normalized spacial score (nSPS) is 11.9. The zero-order valence-corrected chi connectivity index (χ0v) is 13.2. The molecule has 0 spiro atoms. The fourth-order valence-corrected chi connectivity index (χ4v) is 3.92. The Labute approximate surface area is 134 Å². The summed E-state index contributed by atoms with van der Waals surface area (Å²) in [4.78, 5) is 0.